The summed E-state index contributed by atoms with van der Waals surface area (Å²) >= 11 is 0. The molecule has 0 radical (unpaired) electrons. The van der Waals surface area contributed by atoms with Crippen LogP contribution in [0.1, 0.15) is 17.5 Å². The molecule has 0 amide bonds. The molecule has 0 fully saturated rings. The third-order valence-corrected chi connectivity index (χ3v) is 2.26. The fraction of sp³-hybridized carbons (Fsp3) is 0.273. The van der Waals surface area contributed by atoms with E-state index in [1.54, 1.807) is 0 Å². The van der Waals surface area contributed by atoms with E-state index in [-0.39, 0.29) is 0 Å². The Bertz CT molecular complexity index is 385. The van der Waals surface area contributed by atoms with Crippen LogP contribution in [0.15, 0.2) is 29.3 Å². The van der Waals surface area contributed by atoms with E-state index in [1.807, 2.05) is 18.2 Å². The van der Waals surface area contributed by atoms with Crippen molar-refractivity contribution in [3.05, 3.63) is 35.4 Å². The highest BCUT2D eigenvalue weighted by Crippen LogP contribution is 2.16. The Morgan fingerprint density at radius 3 is 3.08 bits per heavy atom. The summed E-state index contributed by atoms with van der Waals surface area (Å²) < 4.78 is 0. The molecule has 0 spiro atoms. The quantitative estimate of drug-likeness (QED) is 0.634. The number of benzene rings is 1. The van der Waals surface area contributed by atoms with Gasteiger partial charge in [-0.3, -0.25) is 4.99 Å². The third kappa shape index (κ3) is 1.46. The summed E-state index contributed by atoms with van der Waals surface area (Å²) in [5.41, 5.74) is 3.43. The number of hydrogen-bond acceptors (Lipinski definition) is 2. The first-order valence-electron chi connectivity index (χ1n) is 4.40. The summed E-state index contributed by atoms with van der Waals surface area (Å²) in [6.45, 7) is 0.827. The van der Waals surface area contributed by atoms with Gasteiger partial charge < -0.3 is 0 Å². The molecule has 0 atom stereocenters. The lowest BCUT2D eigenvalue weighted by Crippen LogP contribution is -2.11. The van der Waals surface area contributed by atoms with Crippen LogP contribution >= 0.6 is 0 Å². The van der Waals surface area contributed by atoms with Crippen LogP contribution in [0.3, 0.4) is 0 Å². The summed E-state index contributed by atoms with van der Waals surface area (Å²) in [6.07, 6.45) is 1.43. The average molecular weight is 170 g/mol. The Kier molecular flexibility index (Phi) is 2.09. The summed E-state index contributed by atoms with van der Waals surface area (Å²) in [6, 6.07) is 10.3. The van der Waals surface area contributed by atoms with E-state index in [1.165, 1.54) is 5.56 Å². The smallest absolute Gasteiger partial charge is 0.0776 e. The number of rotatable bonds is 1. The summed E-state index contributed by atoms with van der Waals surface area (Å²) in [4.78, 5) is 4.35. The van der Waals surface area contributed by atoms with E-state index in [4.69, 9.17) is 5.26 Å². The van der Waals surface area contributed by atoms with Gasteiger partial charge in [-0.2, -0.15) is 5.26 Å². The van der Waals surface area contributed by atoms with E-state index in [9.17, 15) is 0 Å². The molecule has 1 aromatic rings. The van der Waals surface area contributed by atoms with Crippen LogP contribution in [0.5, 0.6) is 0 Å². The Morgan fingerprint density at radius 2 is 2.23 bits per heavy atom. The van der Waals surface area contributed by atoms with Crippen molar-refractivity contribution in [1.29, 1.82) is 5.26 Å². The van der Waals surface area contributed by atoms with E-state index in [0.717, 1.165) is 24.2 Å². The molecule has 64 valence electrons. The largest absolute Gasteiger partial charge is 0.288 e. The van der Waals surface area contributed by atoms with E-state index < -0.39 is 0 Å². The van der Waals surface area contributed by atoms with Crippen molar-refractivity contribution in [2.24, 2.45) is 4.99 Å². The predicted molar refractivity (Wildman–Crippen MR) is 51.8 cm³/mol. The molecular weight excluding hydrogens is 160 g/mol. The molecule has 2 heteroatoms. The summed E-state index contributed by atoms with van der Waals surface area (Å²) in [7, 11) is 0. The number of aliphatic imine (C=N–C) groups is 1. The van der Waals surface area contributed by atoms with Crippen LogP contribution < -0.4 is 0 Å². The number of fused-ring (bicyclic) bond motifs is 1. The van der Waals surface area contributed by atoms with Gasteiger partial charge in [0.2, 0.25) is 0 Å². The van der Waals surface area contributed by atoms with Crippen molar-refractivity contribution in [3.63, 3.8) is 0 Å². The SMILES string of the molecule is N#CCC1=NCCc2ccccc21. The Morgan fingerprint density at radius 1 is 1.38 bits per heavy atom. The monoisotopic (exact) mass is 170 g/mol. The first-order chi connectivity index (χ1) is 6.42. The zero-order chi connectivity index (χ0) is 9.10. The molecule has 0 bridgehead atoms. The Balaban J connectivity index is 2.42. The normalized spacial score (nSPS) is 14.2. The van der Waals surface area contributed by atoms with Gasteiger partial charge in [0.15, 0.2) is 0 Å². The van der Waals surface area contributed by atoms with E-state index in [2.05, 4.69) is 17.1 Å². The maximum absolute atomic E-state index is 8.61. The van der Waals surface area contributed by atoms with Gasteiger partial charge in [0.25, 0.3) is 0 Å². The minimum atomic E-state index is 0.428. The van der Waals surface area contributed by atoms with Crippen molar-refractivity contribution in [2.45, 2.75) is 12.8 Å². The molecule has 0 saturated carbocycles. The lowest BCUT2D eigenvalue weighted by molar-refractivity contribution is 0.937. The molecule has 13 heavy (non-hydrogen) atoms. The van der Waals surface area contributed by atoms with Gasteiger partial charge in [-0.05, 0) is 17.5 Å². The summed E-state index contributed by atoms with van der Waals surface area (Å²) in [5, 5.41) is 8.61. The maximum Gasteiger partial charge on any atom is 0.0776 e. The highest BCUT2D eigenvalue weighted by Gasteiger charge is 2.11. The molecule has 1 aromatic carbocycles. The van der Waals surface area contributed by atoms with Crippen molar-refractivity contribution >= 4 is 5.71 Å². The minimum absolute atomic E-state index is 0.428. The van der Waals surface area contributed by atoms with E-state index >= 15 is 0 Å². The number of nitrogens with zero attached hydrogens (tertiary/aromatic N) is 2. The van der Waals surface area contributed by atoms with Crippen LogP contribution in [-0.4, -0.2) is 12.3 Å². The van der Waals surface area contributed by atoms with Crippen LogP contribution in [0, 0.1) is 11.3 Å². The number of nitriles is 1. The molecule has 0 N–H and O–H groups in total. The van der Waals surface area contributed by atoms with Gasteiger partial charge in [0.1, 0.15) is 0 Å². The second-order valence-corrected chi connectivity index (χ2v) is 3.07. The summed E-state index contributed by atoms with van der Waals surface area (Å²) in [5.74, 6) is 0. The van der Waals surface area contributed by atoms with Gasteiger partial charge in [-0.1, -0.05) is 24.3 Å². The molecule has 1 aliphatic heterocycles. The highest BCUT2D eigenvalue weighted by molar-refractivity contribution is 6.03. The minimum Gasteiger partial charge on any atom is -0.288 e. The fourth-order valence-corrected chi connectivity index (χ4v) is 1.64. The van der Waals surface area contributed by atoms with Gasteiger partial charge in [0, 0.05) is 6.54 Å². The van der Waals surface area contributed by atoms with Crippen LogP contribution in [0.25, 0.3) is 0 Å². The fourth-order valence-electron chi connectivity index (χ4n) is 1.64. The topological polar surface area (TPSA) is 36.1 Å². The zero-order valence-corrected chi connectivity index (χ0v) is 7.33. The molecule has 1 aliphatic rings. The molecule has 1 heterocycles. The molecule has 0 unspecified atom stereocenters. The van der Waals surface area contributed by atoms with Crippen LogP contribution in [0.2, 0.25) is 0 Å². The molecule has 2 nitrogen and oxygen atoms in total. The maximum atomic E-state index is 8.61. The first kappa shape index (κ1) is 8.00. The van der Waals surface area contributed by atoms with Crippen molar-refractivity contribution < 1.29 is 0 Å². The highest BCUT2D eigenvalue weighted by atomic mass is 14.7. The van der Waals surface area contributed by atoms with Crippen molar-refractivity contribution in [2.75, 3.05) is 6.54 Å². The Hall–Kier alpha value is -1.62. The lowest BCUT2D eigenvalue weighted by Gasteiger charge is -2.14. The lowest BCUT2D eigenvalue weighted by atomic mass is 9.96. The predicted octanol–water partition coefficient (Wildman–Crippen LogP) is 1.95. The van der Waals surface area contributed by atoms with Gasteiger partial charge in [0.05, 0.1) is 18.2 Å². The molecule has 0 saturated heterocycles. The molecular formula is C11H10N2. The molecule has 0 aliphatic carbocycles. The molecule has 2 rings (SSSR count). The second kappa shape index (κ2) is 3.40. The molecule has 0 aromatic heterocycles. The zero-order valence-electron chi connectivity index (χ0n) is 7.33. The number of hydrogen-bond donors (Lipinski definition) is 0. The van der Waals surface area contributed by atoms with Crippen molar-refractivity contribution in [3.8, 4) is 6.07 Å². The second-order valence-electron chi connectivity index (χ2n) is 3.07. The standard InChI is InChI=1S/C11H10N2/c12-7-5-11-10-4-2-1-3-9(10)6-8-13-11/h1-4H,5-6,8H2. The third-order valence-electron chi connectivity index (χ3n) is 2.26. The average Bonchev–Trinajstić information content (AvgIpc) is 2.19. The van der Waals surface area contributed by atoms with E-state index in [0.29, 0.717) is 6.42 Å². The van der Waals surface area contributed by atoms with Gasteiger partial charge in [-0.15, -0.1) is 0 Å². The Labute approximate surface area is 77.5 Å². The van der Waals surface area contributed by atoms with Crippen LogP contribution in [-0.2, 0) is 6.42 Å². The van der Waals surface area contributed by atoms with Crippen molar-refractivity contribution in [1.82, 2.24) is 0 Å². The van der Waals surface area contributed by atoms with Gasteiger partial charge >= 0.3 is 0 Å². The van der Waals surface area contributed by atoms with Crippen LogP contribution in [0.4, 0.5) is 0 Å². The first-order valence-corrected chi connectivity index (χ1v) is 4.40. The van der Waals surface area contributed by atoms with Gasteiger partial charge in [-0.25, -0.2) is 0 Å².